The van der Waals surface area contributed by atoms with Gasteiger partial charge in [0, 0.05) is 11.8 Å². The van der Waals surface area contributed by atoms with Gasteiger partial charge in [-0.2, -0.15) is 11.8 Å². The molecular formula is C14H29NS. The molecule has 1 fully saturated rings. The van der Waals surface area contributed by atoms with Crippen molar-refractivity contribution in [2.45, 2.75) is 70.8 Å². The molecule has 1 heterocycles. The van der Waals surface area contributed by atoms with Crippen LogP contribution in [0, 0.1) is 0 Å². The van der Waals surface area contributed by atoms with Gasteiger partial charge in [-0.15, -0.1) is 0 Å². The summed E-state index contributed by atoms with van der Waals surface area (Å²) in [7, 11) is 0. The van der Waals surface area contributed by atoms with Crippen LogP contribution < -0.4 is 5.32 Å². The molecule has 0 amide bonds. The molecule has 0 radical (unpaired) electrons. The quantitative estimate of drug-likeness (QED) is 0.577. The number of hydrogen-bond donors (Lipinski definition) is 1. The maximum absolute atomic E-state index is 3.67. The van der Waals surface area contributed by atoms with Crippen molar-refractivity contribution in [2.24, 2.45) is 0 Å². The minimum absolute atomic E-state index is 0.828. The van der Waals surface area contributed by atoms with Crippen LogP contribution in [0.2, 0.25) is 0 Å². The maximum atomic E-state index is 3.67. The van der Waals surface area contributed by atoms with Gasteiger partial charge in [0.05, 0.1) is 0 Å². The lowest BCUT2D eigenvalue weighted by atomic mass is 10.1. The first-order valence-electron chi connectivity index (χ1n) is 7.24. The van der Waals surface area contributed by atoms with E-state index >= 15 is 0 Å². The molecule has 0 aromatic heterocycles. The summed E-state index contributed by atoms with van der Waals surface area (Å²) in [5.74, 6) is 2.71. The summed E-state index contributed by atoms with van der Waals surface area (Å²) in [5.41, 5.74) is 0. The van der Waals surface area contributed by atoms with Crippen LogP contribution in [0.3, 0.4) is 0 Å². The number of unbranched alkanes of at least 4 members (excludes halogenated alkanes) is 7. The maximum Gasteiger partial charge on any atom is 0.0166 e. The zero-order valence-corrected chi connectivity index (χ0v) is 11.8. The average Bonchev–Trinajstić information content (AvgIpc) is 2.80. The van der Waals surface area contributed by atoms with Crippen LogP contribution in [-0.2, 0) is 0 Å². The van der Waals surface area contributed by atoms with Crippen molar-refractivity contribution >= 4 is 11.8 Å². The minimum Gasteiger partial charge on any atom is -0.313 e. The summed E-state index contributed by atoms with van der Waals surface area (Å²) in [6, 6.07) is 0.828. The van der Waals surface area contributed by atoms with Gasteiger partial charge in [0.2, 0.25) is 0 Å². The topological polar surface area (TPSA) is 12.0 Å². The van der Waals surface area contributed by atoms with Crippen molar-refractivity contribution in [1.29, 1.82) is 0 Å². The molecule has 1 aliphatic rings. The first-order valence-corrected chi connectivity index (χ1v) is 8.40. The molecule has 16 heavy (non-hydrogen) atoms. The Hall–Kier alpha value is 0.310. The van der Waals surface area contributed by atoms with E-state index in [4.69, 9.17) is 0 Å². The molecule has 0 aromatic rings. The average molecular weight is 243 g/mol. The van der Waals surface area contributed by atoms with Crippen molar-refractivity contribution in [3.63, 3.8) is 0 Å². The lowest BCUT2D eigenvalue weighted by Gasteiger charge is -2.10. The third-order valence-corrected chi connectivity index (χ3v) is 4.56. The van der Waals surface area contributed by atoms with E-state index in [-0.39, 0.29) is 0 Å². The van der Waals surface area contributed by atoms with Crippen molar-refractivity contribution in [1.82, 2.24) is 5.32 Å². The van der Waals surface area contributed by atoms with Crippen molar-refractivity contribution < 1.29 is 0 Å². The van der Waals surface area contributed by atoms with Crippen LogP contribution in [0.1, 0.15) is 64.7 Å². The number of thioether (sulfide) groups is 1. The highest BCUT2D eigenvalue weighted by atomic mass is 32.2. The zero-order valence-electron chi connectivity index (χ0n) is 11.0. The molecule has 1 aliphatic heterocycles. The van der Waals surface area contributed by atoms with Crippen LogP contribution in [0.4, 0.5) is 0 Å². The molecule has 2 heteroatoms. The monoisotopic (exact) mass is 243 g/mol. The Kier molecular flexibility index (Phi) is 9.40. The molecule has 1 N–H and O–H groups in total. The van der Waals surface area contributed by atoms with Crippen LogP contribution in [-0.4, -0.2) is 24.1 Å². The zero-order chi connectivity index (χ0) is 11.5. The Balaban J connectivity index is 1.71. The van der Waals surface area contributed by atoms with Gasteiger partial charge < -0.3 is 5.32 Å². The molecule has 96 valence electrons. The largest absolute Gasteiger partial charge is 0.313 e. The smallest absolute Gasteiger partial charge is 0.0166 e. The summed E-state index contributed by atoms with van der Waals surface area (Å²) < 4.78 is 0. The van der Waals surface area contributed by atoms with E-state index in [1.165, 1.54) is 75.8 Å². The van der Waals surface area contributed by atoms with Crippen LogP contribution >= 0.6 is 11.8 Å². The second-order valence-corrected chi connectivity index (χ2v) is 6.14. The fraction of sp³-hybridized carbons (Fsp3) is 1.00. The van der Waals surface area contributed by atoms with E-state index < -0.39 is 0 Å². The fourth-order valence-electron chi connectivity index (χ4n) is 2.26. The normalized spacial score (nSPS) is 20.4. The van der Waals surface area contributed by atoms with E-state index in [0.29, 0.717) is 0 Å². The third kappa shape index (κ3) is 7.56. The molecule has 0 bridgehead atoms. The molecule has 1 unspecified atom stereocenters. The predicted octanol–water partition coefficient (Wildman–Crippen LogP) is 4.22. The predicted molar refractivity (Wildman–Crippen MR) is 76.3 cm³/mol. The molecule has 0 spiro atoms. The highest BCUT2D eigenvalue weighted by molar-refractivity contribution is 7.99. The van der Waals surface area contributed by atoms with Gasteiger partial charge in [0.25, 0.3) is 0 Å². The molecule has 0 saturated carbocycles. The van der Waals surface area contributed by atoms with Crippen molar-refractivity contribution in [3.05, 3.63) is 0 Å². The van der Waals surface area contributed by atoms with E-state index in [2.05, 4.69) is 24.0 Å². The van der Waals surface area contributed by atoms with Gasteiger partial charge >= 0.3 is 0 Å². The molecule has 0 aromatic carbocycles. The molecule has 1 rings (SSSR count). The van der Waals surface area contributed by atoms with Crippen LogP contribution in [0.5, 0.6) is 0 Å². The van der Waals surface area contributed by atoms with Gasteiger partial charge in [-0.25, -0.2) is 0 Å². The molecule has 1 atom stereocenters. The first kappa shape index (κ1) is 14.4. The Morgan fingerprint density at radius 1 is 1.00 bits per heavy atom. The SMILES string of the molecule is CCCCCCCCCCNC1CCSC1. The van der Waals surface area contributed by atoms with Crippen molar-refractivity contribution in [3.8, 4) is 0 Å². The molecular weight excluding hydrogens is 214 g/mol. The Bertz CT molecular complexity index is 144. The van der Waals surface area contributed by atoms with Gasteiger partial charge in [-0.1, -0.05) is 51.9 Å². The first-order chi connectivity index (χ1) is 7.93. The van der Waals surface area contributed by atoms with E-state index in [1.54, 1.807) is 0 Å². The summed E-state index contributed by atoms with van der Waals surface area (Å²) in [5, 5.41) is 3.67. The van der Waals surface area contributed by atoms with Crippen LogP contribution in [0.15, 0.2) is 0 Å². The summed E-state index contributed by atoms with van der Waals surface area (Å²) in [6.45, 7) is 3.53. The van der Waals surface area contributed by atoms with E-state index in [0.717, 1.165) is 6.04 Å². The lowest BCUT2D eigenvalue weighted by Crippen LogP contribution is -2.29. The van der Waals surface area contributed by atoms with Gasteiger partial charge in [-0.3, -0.25) is 0 Å². The van der Waals surface area contributed by atoms with E-state index in [9.17, 15) is 0 Å². The van der Waals surface area contributed by atoms with Gasteiger partial charge in [0.15, 0.2) is 0 Å². The number of hydrogen-bond acceptors (Lipinski definition) is 2. The Morgan fingerprint density at radius 3 is 2.31 bits per heavy atom. The summed E-state index contributed by atoms with van der Waals surface area (Å²) in [4.78, 5) is 0. The molecule has 0 aliphatic carbocycles. The van der Waals surface area contributed by atoms with E-state index in [1.807, 2.05) is 0 Å². The lowest BCUT2D eigenvalue weighted by molar-refractivity contribution is 0.515. The second-order valence-electron chi connectivity index (χ2n) is 4.99. The van der Waals surface area contributed by atoms with Crippen molar-refractivity contribution in [2.75, 3.05) is 18.1 Å². The third-order valence-electron chi connectivity index (χ3n) is 3.39. The van der Waals surface area contributed by atoms with Crippen LogP contribution in [0.25, 0.3) is 0 Å². The minimum atomic E-state index is 0.828. The Morgan fingerprint density at radius 2 is 1.69 bits per heavy atom. The summed E-state index contributed by atoms with van der Waals surface area (Å²) >= 11 is 2.10. The second kappa shape index (κ2) is 10.5. The number of rotatable bonds is 10. The molecule has 1 nitrogen and oxygen atoms in total. The van der Waals surface area contributed by atoms with Gasteiger partial charge in [0.1, 0.15) is 0 Å². The number of nitrogens with one attached hydrogen (secondary N) is 1. The summed E-state index contributed by atoms with van der Waals surface area (Å²) in [6.07, 6.45) is 12.8. The molecule has 1 saturated heterocycles. The van der Waals surface area contributed by atoms with Gasteiger partial charge in [-0.05, 0) is 25.1 Å². The standard InChI is InChI=1S/C14H29NS/c1-2-3-4-5-6-7-8-9-11-15-14-10-12-16-13-14/h14-15H,2-13H2,1H3. The fourth-order valence-corrected chi connectivity index (χ4v) is 3.45. The highest BCUT2D eigenvalue weighted by Gasteiger charge is 2.13. The highest BCUT2D eigenvalue weighted by Crippen LogP contribution is 2.17. The Labute approximate surface area is 106 Å².